The SMILES string of the molecule is Cc1nnc(CC2(CCl)CCC2)s1. The maximum absolute atomic E-state index is 5.97. The van der Waals surface area contributed by atoms with Crippen molar-refractivity contribution in [1.29, 1.82) is 0 Å². The molecule has 13 heavy (non-hydrogen) atoms. The first-order valence-corrected chi connectivity index (χ1v) is 5.94. The Balaban J connectivity index is 2.04. The Hall–Kier alpha value is -0.150. The van der Waals surface area contributed by atoms with E-state index < -0.39 is 0 Å². The van der Waals surface area contributed by atoms with E-state index in [9.17, 15) is 0 Å². The van der Waals surface area contributed by atoms with Gasteiger partial charge in [-0.05, 0) is 25.2 Å². The van der Waals surface area contributed by atoms with Crippen LogP contribution in [0.25, 0.3) is 0 Å². The lowest BCUT2D eigenvalue weighted by atomic mass is 9.68. The Morgan fingerprint density at radius 2 is 2.23 bits per heavy atom. The van der Waals surface area contributed by atoms with Gasteiger partial charge in [0.1, 0.15) is 10.0 Å². The minimum absolute atomic E-state index is 0.355. The average Bonchev–Trinajstić information content (AvgIpc) is 2.44. The standard InChI is InChI=1S/C9H13ClN2S/c1-7-11-12-8(13-7)5-9(6-10)3-2-4-9/h2-6H2,1H3. The lowest BCUT2D eigenvalue weighted by molar-refractivity contribution is 0.165. The zero-order valence-corrected chi connectivity index (χ0v) is 9.29. The first-order chi connectivity index (χ1) is 6.24. The Morgan fingerprint density at radius 1 is 1.46 bits per heavy atom. The number of hydrogen-bond donors (Lipinski definition) is 0. The minimum atomic E-state index is 0.355. The number of alkyl halides is 1. The lowest BCUT2D eigenvalue weighted by Crippen LogP contribution is -2.33. The summed E-state index contributed by atoms with van der Waals surface area (Å²) in [5.74, 6) is 0.769. The van der Waals surface area contributed by atoms with Gasteiger partial charge in [0.2, 0.25) is 0 Å². The van der Waals surface area contributed by atoms with Crippen LogP contribution in [0.4, 0.5) is 0 Å². The van der Waals surface area contributed by atoms with Gasteiger partial charge in [0.05, 0.1) is 0 Å². The van der Waals surface area contributed by atoms with Crippen LogP contribution in [0.3, 0.4) is 0 Å². The van der Waals surface area contributed by atoms with Gasteiger partial charge in [-0.15, -0.1) is 33.1 Å². The molecule has 4 heteroatoms. The molecule has 0 aliphatic heterocycles. The summed E-state index contributed by atoms with van der Waals surface area (Å²) in [6.07, 6.45) is 4.87. The van der Waals surface area contributed by atoms with E-state index in [2.05, 4.69) is 10.2 Å². The van der Waals surface area contributed by atoms with Gasteiger partial charge in [0, 0.05) is 12.3 Å². The fourth-order valence-electron chi connectivity index (χ4n) is 1.76. The van der Waals surface area contributed by atoms with Crippen LogP contribution < -0.4 is 0 Å². The number of aromatic nitrogens is 2. The Morgan fingerprint density at radius 3 is 2.62 bits per heavy atom. The molecule has 0 aromatic carbocycles. The third-order valence-corrected chi connectivity index (χ3v) is 4.20. The van der Waals surface area contributed by atoms with E-state index in [1.807, 2.05) is 6.92 Å². The molecule has 0 atom stereocenters. The molecule has 0 unspecified atom stereocenters. The highest BCUT2D eigenvalue weighted by Crippen LogP contribution is 2.44. The van der Waals surface area contributed by atoms with E-state index in [-0.39, 0.29) is 0 Å². The summed E-state index contributed by atoms with van der Waals surface area (Å²) >= 11 is 7.67. The quantitative estimate of drug-likeness (QED) is 0.727. The molecule has 1 aromatic heterocycles. The van der Waals surface area contributed by atoms with E-state index in [1.54, 1.807) is 11.3 Å². The second-order valence-electron chi connectivity index (χ2n) is 3.88. The predicted molar refractivity (Wildman–Crippen MR) is 55.4 cm³/mol. The molecule has 1 saturated carbocycles. The molecule has 0 radical (unpaired) electrons. The molecule has 0 saturated heterocycles. The fourth-order valence-corrected chi connectivity index (χ4v) is 3.01. The summed E-state index contributed by atoms with van der Waals surface area (Å²) in [6.45, 7) is 2.00. The van der Waals surface area contributed by atoms with Crippen LogP contribution in [-0.2, 0) is 6.42 Å². The molecule has 1 aliphatic rings. The van der Waals surface area contributed by atoms with Gasteiger partial charge < -0.3 is 0 Å². The number of nitrogens with zero attached hydrogens (tertiary/aromatic N) is 2. The van der Waals surface area contributed by atoms with Crippen molar-refractivity contribution in [2.75, 3.05) is 5.88 Å². The number of hydrogen-bond acceptors (Lipinski definition) is 3. The molecule has 1 aromatic rings. The van der Waals surface area contributed by atoms with E-state index in [4.69, 9.17) is 11.6 Å². The molecule has 0 bridgehead atoms. The maximum atomic E-state index is 5.97. The molecule has 2 rings (SSSR count). The van der Waals surface area contributed by atoms with Crippen molar-refractivity contribution in [3.63, 3.8) is 0 Å². The molecule has 1 aliphatic carbocycles. The summed E-state index contributed by atoms with van der Waals surface area (Å²) in [6, 6.07) is 0. The highest BCUT2D eigenvalue weighted by atomic mass is 35.5. The van der Waals surface area contributed by atoms with Crippen molar-refractivity contribution in [2.45, 2.75) is 32.6 Å². The number of aryl methyl sites for hydroxylation is 1. The second-order valence-corrected chi connectivity index (χ2v) is 5.41. The van der Waals surface area contributed by atoms with Crippen molar-refractivity contribution in [1.82, 2.24) is 10.2 Å². The molecule has 0 spiro atoms. The van der Waals surface area contributed by atoms with Crippen LogP contribution in [0.15, 0.2) is 0 Å². The number of halogens is 1. The molecule has 1 heterocycles. The van der Waals surface area contributed by atoms with Crippen LogP contribution in [0.2, 0.25) is 0 Å². The van der Waals surface area contributed by atoms with E-state index in [0.29, 0.717) is 5.41 Å². The number of rotatable bonds is 3. The summed E-state index contributed by atoms with van der Waals surface area (Å²) in [5.41, 5.74) is 0.355. The van der Waals surface area contributed by atoms with Gasteiger partial charge in [0.15, 0.2) is 0 Å². The predicted octanol–water partition coefficient (Wildman–Crippen LogP) is 2.80. The summed E-state index contributed by atoms with van der Waals surface area (Å²) in [4.78, 5) is 0. The Labute approximate surface area is 87.3 Å². The van der Waals surface area contributed by atoms with Crippen LogP contribution in [-0.4, -0.2) is 16.1 Å². The van der Waals surface area contributed by atoms with Crippen LogP contribution in [0.5, 0.6) is 0 Å². The van der Waals surface area contributed by atoms with E-state index in [1.165, 1.54) is 19.3 Å². The van der Waals surface area contributed by atoms with Crippen molar-refractivity contribution in [3.05, 3.63) is 10.0 Å². The third-order valence-electron chi connectivity index (χ3n) is 2.79. The zero-order chi connectivity index (χ0) is 9.31. The summed E-state index contributed by atoms with van der Waals surface area (Å²) in [5, 5.41) is 10.4. The van der Waals surface area contributed by atoms with Crippen LogP contribution >= 0.6 is 22.9 Å². The van der Waals surface area contributed by atoms with Gasteiger partial charge in [-0.1, -0.05) is 6.42 Å². The second kappa shape index (κ2) is 3.54. The maximum Gasteiger partial charge on any atom is 0.118 e. The molecule has 1 fully saturated rings. The largest absolute Gasteiger partial charge is 0.144 e. The van der Waals surface area contributed by atoms with Crippen molar-refractivity contribution in [2.24, 2.45) is 5.41 Å². The van der Waals surface area contributed by atoms with Crippen molar-refractivity contribution >= 4 is 22.9 Å². The topological polar surface area (TPSA) is 25.8 Å². The first-order valence-electron chi connectivity index (χ1n) is 4.59. The van der Waals surface area contributed by atoms with Gasteiger partial charge in [-0.3, -0.25) is 0 Å². The summed E-state index contributed by atoms with van der Waals surface area (Å²) in [7, 11) is 0. The monoisotopic (exact) mass is 216 g/mol. The normalized spacial score (nSPS) is 19.8. The lowest BCUT2D eigenvalue weighted by Gasteiger charge is -2.39. The Bertz CT molecular complexity index is 288. The molecule has 2 nitrogen and oxygen atoms in total. The van der Waals surface area contributed by atoms with E-state index in [0.717, 1.165) is 22.3 Å². The van der Waals surface area contributed by atoms with Gasteiger partial charge in [-0.25, -0.2) is 0 Å². The molecule has 0 amide bonds. The smallest absolute Gasteiger partial charge is 0.118 e. The highest BCUT2D eigenvalue weighted by Gasteiger charge is 2.37. The van der Waals surface area contributed by atoms with Gasteiger partial charge in [-0.2, -0.15) is 0 Å². The van der Waals surface area contributed by atoms with E-state index >= 15 is 0 Å². The minimum Gasteiger partial charge on any atom is -0.144 e. The average molecular weight is 217 g/mol. The molecular formula is C9H13ClN2S. The zero-order valence-electron chi connectivity index (χ0n) is 7.72. The molecule has 0 N–H and O–H groups in total. The Kier molecular flexibility index (Phi) is 2.56. The van der Waals surface area contributed by atoms with Crippen molar-refractivity contribution < 1.29 is 0 Å². The first kappa shape index (κ1) is 9.41. The third kappa shape index (κ3) is 1.86. The van der Waals surface area contributed by atoms with Gasteiger partial charge >= 0.3 is 0 Å². The molecule has 72 valence electrons. The van der Waals surface area contributed by atoms with Crippen LogP contribution in [0, 0.1) is 12.3 Å². The summed E-state index contributed by atoms with van der Waals surface area (Å²) < 4.78 is 0. The van der Waals surface area contributed by atoms with Gasteiger partial charge in [0.25, 0.3) is 0 Å². The fraction of sp³-hybridized carbons (Fsp3) is 0.778. The van der Waals surface area contributed by atoms with Crippen molar-refractivity contribution in [3.8, 4) is 0 Å². The van der Waals surface area contributed by atoms with Crippen LogP contribution in [0.1, 0.15) is 29.3 Å². The highest BCUT2D eigenvalue weighted by molar-refractivity contribution is 7.11. The molecular weight excluding hydrogens is 204 g/mol.